The second kappa shape index (κ2) is 12.6. The van der Waals surface area contributed by atoms with Gasteiger partial charge in [0, 0.05) is 44.5 Å². The zero-order chi connectivity index (χ0) is 36.3. The molecule has 258 valence electrons. The Bertz CT molecular complexity index is 3190. The quantitative estimate of drug-likeness (QED) is 0.173. The Labute approximate surface area is 317 Å². The molecule has 0 aliphatic heterocycles. The van der Waals surface area contributed by atoms with Crippen LogP contribution < -0.4 is 4.90 Å². The molecule has 4 nitrogen and oxygen atoms in total. The molecule has 0 fully saturated rings. The van der Waals surface area contributed by atoms with Crippen LogP contribution in [0.25, 0.3) is 82.7 Å². The molecule has 11 rings (SSSR count). The lowest BCUT2D eigenvalue weighted by Gasteiger charge is -2.26. The molecule has 0 amide bonds. The molecule has 4 heteroatoms. The molecular formula is C51H33N3O. The molecule has 2 aromatic heterocycles. The van der Waals surface area contributed by atoms with Crippen molar-refractivity contribution in [1.29, 1.82) is 0 Å². The number of para-hydroxylation sites is 2. The van der Waals surface area contributed by atoms with Gasteiger partial charge in [-0.2, -0.15) is 0 Å². The predicted octanol–water partition coefficient (Wildman–Crippen LogP) is 14.0. The van der Waals surface area contributed by atoms with E-state index in [2.05, 4.69) is 173 Å². The van der Waals surface area contributed by atoms with Crippen molar-refractivity contribution < 1.29 is 4.42 Å². The van der Waals surface area contributed by atoms with Gasteiger partial charge in [-0.25, -0.2) is 4.98 Å². The van der Waals surface area contributed by atoms with Crippen LogP contribution in [-0.4, -0.2) is 9.55 Å². The van der Waals surface area contributed by atoms with Gasteiger partial charge in [-0.05, 0) is 106 Å². The highest BCUT2D eigenvalue weighted by atomic mass is 16.3. The first-order chi connectivity index (χ1) is 27.3. The van der Waals surface area contributed by atoms with Gasteiger partial charge in [-0.3, -0.25) is 0 Å². The van der Waals surface area contributed by atoms with Crippen molar-refractivity contribution in [3.05, 3.63) is 200 Å². The molecule has 0 saturated carbocycles. The number of anilines is 3. The molecular weight excluding hydrogens is 671 g/mol. The standard InChI is InChI=1S/C51H33N3O/c1-3-13-37(14-4-1)51-52-47-30-25-36-24-28-40(32-45(36)50(47)55-51)53(39-26-22-35(23-27-39)43-20-11-15-34-12-7-8-18-42(34)43)41-29-31-49-46(33-41)44-19-9-10-21-48(44)54(49)38-16-5-2-6-17-38/h1-33H. The van der Waals surface area contributed by atoms with Crippen LogP contribution >= 0.6 is 0 Å². The average Bonchev–Trinajstić information content (AvgIpc) is 3.85. The van der Waals surface area contributed by atoms with Gasteiger partial charge in [0.25, 0.3) is 0 Å². The van der Waals surface area contributed by atoms with Crippen molar-refractivity contribution >= 4 is 71.5 Å². The van der Waals surface area contributed by atoms with Gasteiger partial charge in [-0.15, -0.1) is 0 Å². The third-order valence-electron chi connectivity index (χ3n) is 10.8. The summed E-state index contributed by atoms with van der Waals surface area (Å²) in [7, 11) is 0. The first-order valence-electron chi connectivity index (χ1n) is 18.6. The number of rotatable bonds is 6. The molecule has 2 heterocycles. The first kappa shape index (κ1) is 31.1. The number of hydrogen-bond donors (Lipinski definition) is 0. The van der Waals surface area contributed by atoms with E-state index in [9.17, 15) is 0 Å². The summed E-state index contributed by atoms with van der Waals surface area (Å²) < 4.78 is 8.89. The van der Waals surface area contributed by atoms with Crippen molar-refractivity contribution in [2.24, 2.45) is 0 Å². The van der Waals surface area contributed by atoms with Gasteiger partial charge in [-0.1, -0.05) is 121 Å². The molecule has 0 radical (unpaired) electrons. The van der Waals surface area contributed by atoms with E-state index in [0.717, 1.165) is 55.7 Å². The Morgan fingerprint density at radius 3 is 1.87 bits per heavy atom. The van der Waals surface area contributed by atoms with Gasteiger partial charge in [0.15, 0.2) is 5.58 Å². The summed E-state index contributed by atoms with van der Waals surface area (Å²) in [6, 6.07) is 71.1. The lowest BCUT2D eigenvalue weighted by atomic mass is 9.98. The Morgan fingerprint density at radius 2 is 1.04 bits per heavy atom. The fourth-order valence-electron chi connectivity index (χ4n) is 8.21. The molecule has 0 aliphatic carbocycles. The van der Waals surface area contributed by atoms with Gasteiger partial charge in [0.05, 0.1) is 11.0 Å². The zero-order valence-electron chi connectivity index (χ0n) is 29.8. The van der Waals surface area contributed by atoms with Gasteiger partial charge < -0.3 is 13.9 Å². The molecule has 0 spiro atoms. The lowest BCUT2D eigenvalue weighted by molar-refractivity contribution is 0.623. The molecule has 55 heavy (non-hydrogen) atoms. The summed E-state index contributed by atoms with van der Waals surface area (Å²) in [5.41, 5.74) is 11.6. The number of aromatic nitrogens is 2. The first-order valence-corrected chi connectivity index (χ1v) is 18.6. The highest BCUT2D eigenvalue weighted by Gasteiger charge is 2.19. The van der Waals surface area contributed by atoms with Crippen molar-refractivity contribution in [3.63, 3.8) is 0 Å². The minimum absolute atomic E-state index is 0.620. The Hall–Kier alpha value is -7.43. The number of benzene rings is 9. The third kappa shape index (κ3) is 5.19. The van der Waals surface area contributed by atoms with Crippen LogP contribution in [0.4, 0.5) is 17.1 Å². The van der Waals surface area contributed by atoms with Crippen LogP contribution in [0.2, 0.25) is 0 Å². The van der Waals surface area contributed by atoms with Crippen molar-refractivity contribution in [2.75, 3.05) is 4.90 Å². The van der Waals surface area contributed by atoms with E-state index < -0.39 is 0 Å². The molecule has 0 aliphatic rings. The molecule has 0 atom stereocenters. The summed E-state index contributed by atoms with van der Waals surface area (Å²) in [6.07, 6.45) is 0. The van der Waals surface area contributed by atoms with Crippen LogP contribution in [0.3, 0.4) is 0 Å². The van der Waals surface area contributed by atoms with Crippen LogP contribution in [-0.2, 0) is 0 Å². The van der Waals surface area contributed by atoms with E-state index in [1.807, 2.05) is 36.4 Å². The smallest absolute Gasteiger partial charge is 0.227 e. The maximum absolute atomic E-state index is 6.53. The van der Waals surface area contributed by atoms with Gasteiger partial charge >= 0.3 is 0 Å². The van der Waals surface area contributed by atoms with Crippen LogP contribution in [0.1, 0.15) is 0 Å². The van der Waals surface area contributed by atoms with E-state index in [1.165, 1.54) is 38.2 Å². The molecule has 0 N–H and O–H groups in total. The minimum Gasteiger partial charge on any atom is -0.435 e. The van der Waals surface area contributed by atoms with Crippen LogP contribution in [0, 0.1) is 0 Å². The Kier molecular flexibility index (Phi) is 7.14. The summed E-state index contributed by atoms with van der Waals surface area (Å²) in [5, 5.41) is 7.00. The van der Waals surface area contributed by atoms with Crippen molar-refractivity contribution in [3.8, 4) is 28.3 Å². The van der Waals surface area contributed by atoms with Crippen LogP contribution in [0.15, 0.2) is 205 Å². The zero-order valence-corrected chi connectivity index (χ0v) is 29.8. The Balaban J connectivity index is 1.11. The van der Waals surface area contributed by atoms with Crippen LogP contribution in [0.5, 0.6) is 0 Å². The summed E-state index contributed by atoms with van der Waals surface area (Å²) in [5.74, 6) is 0.620. The molecule has 9 aromatic carbocycles. The molecule has 11 aromatic rings. The maximum Gasteiger partial charge on any atom is 0.227 e. The van der Waals surface area contributed by atoms with Gasteiger partial charge in [0.1, 0.15) is 5.52 Å². The summed E-state index contributed by atoms with van der Waals surface area (Å²) in [6.45, 7) is 0. The largest absolute Gasteiger partial charge is 0.435 e. The van der Waals surface area contributed by atoms with E-state index in [1.54, 1.807) is 0 Å². The molecule has 0 unspecified atom stereocenters. The van der Waals surface area contributed by atoms with Crippen molar-refractivity contribution in [1.82, 2.24) is 9.55 Å². The van der Waals surface area contributed by atoms with E-state index in [0.29, 0.717) is 5.89 Å². The number of fused-ring (bicyclic) bond motifs is 7. The second-order valence-electron chi connectivity index (χ2n) is 14.0. The fraction of sp³-hybridized carbons (Fsp3) is 0. The normalized spacial score (nSPS) is 11.6. The topological polar surface area (TPSA) is 34.2 Å². The van der Waals surface area contributed by atoms with E-state index in [4.69, 9.17) is 9.40 Å². The number of nitrogens with zero attached hydrogens (tertiary/aromatic N) is 3. The summed E-state index contributed by atoms with van der Waals surface area (Å²) >= 11 is 0. The third-order valence-corrected chi connectivity index (χ3v) is 10.8. The van der Waals surface area contributed by atoms with Crippen molar-refractivity contribution in [2.45, 2.75) is 0 Å². The van der Waals surface area contributed by atoms with Gasteiger partial charge in [0.2, 0.25) is 5.89 Å². The predicted molar refractivity (Wildman–Crippen MR) is 229 cm³/mol. The number of hydrogen-bond acceptors (Lipinski definition) is 3. The summed E-state index contributed by atoms with van der Waals surface area (Å²) in [4.78, 5) is 7.25. The second-order valence-corrected chi connectivity index (χ2v) is 14.0. The average molecular weight is 704 g/mol. The monoisotopic (exact) mass is 703 g/mol. The fourth-order valence-corrected chi connectivity index (χ4v) is 8.21. The minimum atomic E-state index is 0.620. The highest BCUT2D eigenvalue weighted by molar-refractivity contribution is 6.11. The molecule has 0 saturated heterocycles. The SMILES string of the molecule is c1ccc(-c2nc3ccc4ccc(N(c5ccc(-c6cccc7ccccc67)cc5)c5ccc6c(c5)c5ccccc5n6-c5ccccc5)cc4c3o2)cc1. The van der Waals surface area contributed by atoms with E-state index in [-0.39, 0.29) is 0 Å². The maximum atomic E-state index is 6.53. The molecule has 0 bridgehead atoms. The lowest BCUT2D eigenvalue weighted by Crippen LogP contribution is -2.10. The Morgan fingerprint density at radius 1 is 0.418 bits per heavy atom. The highest BCUT2D eigenvalue weighted by Crippen LogP contribution is 2.42. The van der Waals surface area contributed by atoms with E-state index >= 15 is 0 Å². The number of oxazole rings is 1.